The zero-order valence-corrected chi connectivity index (χ0v) is 13.8. The van der Waals surface area contributed by atoms with E-state index in [2.05, 4.69) is 11.9 Å². The minimum Gasteiger partial charge on any atom is -0.492 e. The lowest BCUT2D eigenvalue weighted by molar-refractivity contribution is 0.0905. The highest BCUT2D eigenvalue weighted by molar-refractivity contribution is 5.91. The summed E-state index contributed by atoms with van der Waals surface area (Å²) in [5.74, 6) is 1.23. The largest absolute Gasteiger partial charge is 0.492 e. The lowest BCUT2D eigenvalue weighted by Gasteiger charge is -2.32. The van der Waals surface area contributed by atoms with Crippen molar-refractivity contribution in [3.05, 3.63) is 36.9 Å². The first kappa shape index (κ1) is 17.3. The van der Waals surface area contributed by atoms with Gasteiger partial charge in [-0.1, -0.05) is 18.2 Å². The highest BCUT2D eigenvalue weighted by atomic mass is 16.5. The molecule has 126 valence electrons. The average Bonchev–Trinajstić information content (AvgIpc) is 2.58. The molecule has 1 N–H and O–H groups in total. The Morgan fingerprint density at radius 1 is 1.39 bits per heavy atom. The molecule has 1 aliphatic heterocycles. The number of rotatable bonds is 7. The molecule has 0 spiro atoms. The van der Waals surface area contributed by atoms with E-state index in [9.17, 15) is 4.79 Å². The maximum Gasteiger partial charge on any atom is 0.321 e. The number of ether oxygens (including phenoxy) is 2. The maximum atomic E-state index is 12.4. The molecule has 2 rings (SSSR count). The molecule has 1 aliphatic rings. The molecular weight excluding hydrogens is 292 g/mol. The zero-order chi connectivity index (χ0) is 16.5. The lowest BCUT2D eigenvalue weighted by atomic mass is 9.98. The van der Waals surface area contributed by atoms with E-state index in [4.69, 9.17) is 9.47 Å². The van der Waals surface area contributed by atoms with Crippen molar-refractivity contribution < 1.29 is 14.3 Å². The lowest BCUT2D eigenvalue weighted by Crippen LogP contribution is -2.41. The van der Waals surface area contributed by atoms with Crippen LogP contribution in [0.3, 0.4) is 0 Å². The van der Waals surface area contributed by atoms with Gasteiger partial charge in [0.1, 0.15) is 5.75 Å². The predicted molar refractivity (Wildman–Crippen MR) is 91.9 cm³/mol. The number of amides is 2. The number of benzene rings is 1. The molecular formula is C18H26N2O3. The normalized spacial score (nSPS) is 15.3. The first-order valence-corrected chi connectivity index (χ1v) is 8.21. The Bertz CT molecular complexity index is 511. The highest BCUT2D eigenvalue weighted by Gasteiger charge is 2.23. The van der Waals surface area contributed by atoms with Gasteiger partial charge < -0.3 is 19.7 Å². The summed E-state index contributed by atoms with van der Waals surface area (Å²) < 4.78 is 11.0. The van der Waals surface area contributed by atoms with Crippen LogP contribution in [-0.4, -0.2) is 43.8 Å². The predicted octanol–water partition coefficient (Wildman–Crippen LogP) is 3.53. The van der Waals surface area contributed by atoms with Gasteiger partial charge in [0.05, 0.1) is 18.9 Å². The van der Waals surface area contributed by atoms with Gasteiger partial charge in [-0.2, -0.15) is 0 Å². The summed E-state index contributed by atoms with van der Waals surface area (Å²) in [6, 6.07) is 7.44. The van der Waals surface area contributed by atoms with Gasteiger partial charge in [-0.15, -0.1) is 6.58 Å². The standard InChI is InChI=1S/C18H26N2O3/c1-3-13-22-14-15-9-11-20(12-10-15)18(21)19-16-7-5-6-8-17(16)23-4-2/h3,5-8,15H,1,4,9-14H2,2H3,(H,19,21). The summed E-state index contributed by atoms with van der Waals surface area (Å²) in [5, 5.41) is 2.95. The van der Waals surface area contributed by atoms with Gasteiger partial charge in [-0.05, 0) is 37.8 Å². The van der Waals surface area contributed by atoms with Crippen molar-refractivity contribution in [1.29, 1.82) is 0 Å². The summed E-state index contributed by atoms with van der Waals surface area (Å²) in [6.45, 7) is 8.99. The summed E-state index contributed by atoms with van der Waals surface area (Å²) in [6.07, 6.45) is 3.70. The van der Waals surface area contributed by atoms with Crippen LogP contribution < -0.4 is 10.1 Å². The first-order chi connectivity index (χ1) is 11.2. The molecule has 5 nitrogen and oxygen atoms in total. The number of hydrogen-bond donors (Lipinski definition) is 1. The van der Waals surface area contributed by atoms with Gasteiger partial charge in [-0.25, -0.2) is 4.79 Å². The number of piperidine rings is 1. The second kappa shape index (κ2) is 9.20. The zero-order valence-electron chi connectivity index (χ0n) is 13.8. The molecule has 5 heteroatoms. The Hall–Kier alpha value is -2.01. The molecule has 1 heterocycles. The second-order valence-corrected chi connectivity index (χ2v) is 5.62. The quantitative estimate of drug-likeness (QED) is 0.618. The molecule has 0 aliphatic carbocycles. The van der Waals surface area contributed by atoms with Crippen molar-refractivity contribution in [2.45, 2.75) is 19.8 Å². The summed E-state index contributed by atoms with van der Waals surface area (Å²) >= 11 is 0. The van der Waals surface area contributed by atoms with Crippen molar-refractivity contribution in [2.24, 2.45) is 5.92 Å². The number of para-hydroxylation sites is 2. The van der Waals surface area contributed by atoms with Crippen LogP contribution in [0.2, 0.25) is 0 Å². The van der Waals surface area contributed by atoms with Gasteiger partial charge in [0.2, 0.25) is 0 Å². The molecule has 1 aromatic rings. The van der Waals surface area contributed by atoms with E-state index in [0.29, 0.717) is 24.9 Å². The number of carbonyl (C=O) groups excluding carboxylic acids is 1. The molecule has 0 bridgehead atoms. The topological polar surface area (TPSA) is 50.8 Å². The molecule has 1 fully saturated rings. The Morgan fingerprint density at radius 2 is 2.13 bits per heavy atom. The number of carbonyl (C=O) groups is 1. The van der Waals surface area contributed by atoms with Gasteiger partial charge in [0, 0.05) is 19.7 Å². The van der Waals surface area contributed by atoms with E-state index < -0.39 is 0 Å². The Kier molecular flexibility index (Phi) is 6.94. The molecule has 0 unspecified atom stereocenters. The van der Waals surface area contributed by atoms with E-state index >= 15 is 0 Å². The van der Waals surface area contributed by atoms with Crippen LogP contribution in [0.25, 0.3) is 0 Å². The third-order valence-electron chi connectivity index (χ3n) is 3.92. The van der Waals surface area contributed by atoms with E-state index in [-0.39, 0.29) is 6.03 Å². The van der Waals surface area contributed by atoms with Crippen LogP contribution in [0.15, 0.2) is 36.9 Å². The van der Waals surface area contributed by atoms with E-state index in [1.165, 1.54) is 0 Å². The molecule has 2 amide bonds. The van der Waals surface area contributed by atoms with Crippen molar-refractivity contribution >= 4 is 11.7 Å². The second-order valence-electron chi connectivity index (χ2n) is 5.62. The number of likely N-dealkylation sites (tertiary alicyclic amines) is 1. The van der Waals surface area contributed by atoms with Crippen LogP contribution in [0.4, 0.5) is 10.5 Å². The minimum absolute atomic E-state index is 0.0670. The molecule has 1 saturated heterocycles. The van der Waals surface area contributed by atoms with Gasteiger partial charge in [-0.3, -0.25) is 0 Å². The van der Waals surface area contributed by atoms with E-state index in [1.807, 2.05) is 36.1 Å². The van der Waals surface area contributed by atoms with E-state index in [0.717, 1.165) is 38.2 Å². The monoisotopic (exact) mass is 318 g/mol. The van der Waals surface area contributed by atoms with Crippen molar-refractivity contribution in [2.75, 3.05) is 38.2 Å². The number of nitrogens with one attached hydrogen (secondary N) is 1. The third kappa shape index (κ3) is 5.28. The average molecular weight is 318 g/mol. The summed E-state index contributed by atoms with van der Waals surface area (Å²) in [4.78, 5) is 14.3. The van der Waals surface area contributed by atoms with Crippen molar-refractivity contribution in [3.63, 3.8) is 0 Å². The third-order valence-corrected chi connectivity index (χ3v) is 3.92. The number of hydrogen-bond acceptors (Lipinski definition) is 3. The smallest absolute Gasteiger partial charge is 0.321 e. The van der Waals surface area contributed by atoms with Gasteiger partial charge in [0.15, 0.2) is 0 Å². The molecule has 0 aromatic heterocycles. The first-order valence-electron chi connectivity index (χ1n) is 8.21. The molecule has 0 atom stereocenters. The Morgan fingerprint density at radius 3 is 2.83 bits per heavy atom. The van der Waals surface area contributed by atoms with Crippen molar-refractivity contribution in [3.8, 4) is 5.75 Å². The number of urea groups is 1. The Labute approximate surface area is 138 Å². The van der Waals surface area contributed by atoms with E-state index in [1.54, 1.807) is 6.08 Å². The summed E-state index contributed by atoms with van der Waals surface area (Å²) in [7, 11) is 0. The SMILES string of the molecule is C=CCOCC1CCN(C(=O)Nc2ccccc2OCC)CC1. The fraction of sp³-hybridized carbons (Fsp3) is 0.500. The molecule has 23 heavy (non-hydrogen) atoms. The van der Waals surface area contributed by atoms with Crippen LogP contribution in [0.5, 0.6) is 5.75 Å². The van der Waals surface area contributed by atoms with Gasteiger partial charge >= 0.3 is 6.03 Å². The van der Waals surface area contributed by atoms with Crippen LogP contribution in [0.1, 0.15) is 19.8 Å². The number of nitrogens with zero attached hydrogens (tertiary/aromatic N) is 1. The molecule has 1 aromatic carbocycles. The maximum absolute atomic E-state index is 12.4. The summed E-state index contributed by atoms with van der Waals surface area (Å²) in [5.41, 5.74) is 0.718. The van der Waals surface area contributed by atoms with Gasteiger partial charge in [0.25, 0.3) is 0 Å². The molecule has 0 saturated carbocycles. The van der Waals surface area contributed by atoms with Crippen LogP contribution in [-0.2, 0) is 4.74 Å². The fourth-order valence-corrected chi connectivity index (χ4v) is 2.67. The molecule has 0 radical (unpaired) electrons. The van der Waals surface area contributed by atoms with Crippen LogP contribution in [0, 0.1) is 5.92 Å². The number of anilines is 1. The van der Waals surface area contributed by atoms with Crippen LogP contribution >= 0.6 is 0 Å². The minimum atomic E-state index is -0.0670. The highest BCUT2D eigenvalue weighted by Crippen LogP contribution is 2.25. The Balaban J connectivity index is 1.82. The van der Waals surface area contributed by atoms with Crippen molar-refractivity contribution in [1.82, 2.24) is 4.90 Å². The fourth-order valence-electron chi connectivity index (χ4n) is 2.67.